The molecular weight excluding hydrogens is 691 g/mol. The monoisotopic (exact) mass is 778 g/mol. The van der Waals surface area contributed by atoms with Gasteiger partial charge in [0.2, 0.25) is 0 Å². The number of carbonyl (C=O) groups excluding carboxylic acids is 3. The lowest BCUT2D eigenvalue weighted by Crippen LogP contribution is -2.27. The fourth-order valence-electron chi connectivity index (χ4n) is 6.55. The Kier molecular flexibility index (Phi) is 39.5. The molecule has 0 N–H and O–H groups in total. The number of hydrogen-bond acceptors (Lipinski definition) is 8. The molecular formula is C47H87NO7. The van der Waals surface area contributed by atoms with Gasteiger partial charge in [-0.3, -0.25) is 9.59 Å². The highest BCUT2D eigenvalue weighted by molar-refractivity contribution is 5.70. The standard InChI is InChI=1S/C47H87NO7/c1-6-9-12-15-18-19-20-21-22-23-24-25-26-29-32-36-45(49)53-40-44(42-55-47(51)52-38-33-37-48(4)5)41-54-46(50)39-43(34-30-27-16-13-10-7-2)35-31-28-17-14-11-8-3/h18-19,21-22,43-44H,6-17,20,23-42H2,1-5H3/b19-18-,22-21-. The number of esters is 2. The lowest BCUT2D eigenvalue weighted by molar-refractivity contribution is -0.150. The first-order valence-electron chi connectivity index (χ1n) is 22.9. The molecule has 0 spiro atoms. The molecule has 0 rings (SSSR count). The maximum atomic E-state index is 13.1. The van der Waals surface area contributed by atoms with E-state index in [4.69, 9.17) is 18.9 Å². The number of hydrogen-bond donors (Lipinski definition) is 0. The molecule has 0 bridgehead atoms. The molecule has 0 saturated heterocycles. The smallest absolute Gasteiger partial charge is 0.465 e. The van der Waals surface area contributed by atoms with E-state index in [1.54, 1.807) is 0 Å². The van der Waals surface area contributed by atoms with Gasteiger partial charge in [-0.05, 0) is 77.8 Å². The van der Waals surface area contributed by atoms with Crippen molar-refractivity contribution in [1.82, 2.24) is 4.90 Å². The molecule has 0 aliphatic carbocycles. The van der Waals surface area contributed by atoms with Crippen LogP contribution in [0.5, 0.6) is 0 Å². The zero-order valence-corrected chi connectivity index (χ0v) is 36.6. The van der Waals surface area contributed by atoms with Crippen molar-refractivity contribution in [1.29, 1.82) is 0 Å². The fourth-order valence-corrected chi connectivity index (χ4v) is 6.55. The molecule has 0 aromatic rings. The largest absolute Gasteiger partial charge is 0.508 e. The van der Waals surface area contributed by atoms with Crippen LogP contribution < -0.4 is 0 Å². The van der Waals surface area contributed by atoms with Crippen LogP contribution in [0, 0.1) is 11.8 Å². The van der Waals surface area contributed by atoms with Crippen LogP contribution in [0.3, 0.4) is 0 Å². The first kappa shape index (κ1) is 52.6. The van der Waals surface area contributed by atoms with Crippen molar-refractivity contribution in [2.24, 2.45) is 11.8 Å². The van der Waals surface area contributed by atoms with Crippen molar-refractivity contribution in [3.05, 3.63) is 24.3 Å². The number of nitrogens with zero attached hydrogens (tertiary/aromatic N) is 1. The molecule has 8 nitrogen and oxygen atoms in total. The SMILES string of the molecule is CCCCC/C=C\C/C=C\CCCCCCCC(=O)OCC(COC(=O)CC(CCCCCCCC)CCCCCCCC)COC(=O)OCCCN(C)C. The maximum Gasteiger partial charge on any atom is 0.508 e. The molecule has 0 saturated carbocycles. The molecule has 0 aliphatic rings. The van der Waals surface area contributed by atoms with Crippen LogP contribution in [0.25, 0.3) is 0 Å². The van der Waals surface area contributed by atoms with Gasteiger partial charge in [0.1, 0.15) is 19.8 Å². The summed E-state index contributed by atoms with van der Waals surface area (Å²) in [6.45, 7) is 7.79. The van der Waals surface area contributed by atoms with Gasteiger partial charge in [-0.25, -0.2) is 4.79 Å². The summed E-state index contributed by atoms with van der Waals surface area (Å²) in [6.07, 6.45) is 39.1. The minimum Gasteiger partial charge on any atom is -0.465 e. The molecule has 0 fully saturated rings. The van der Waals surface area contributed by atoms with E-state index in [1.165, 1.54) is 96.3 Å². The average molecular weight is 778 g/mol. The van der Waals surface area contributed by atoms with Crippen LogP contribution in [0.1, 0.15) is 201 Å². The van der Waals surface area contributed by atoms with Crippen LogP contribution >= 0.6 is 0 Å². The van der Waals surface area contributed by atoms with Crippen LogP contribution in [-0.4, -0.2) is 70.1 Å². The number of carbonyl (C=O) groups is 3. The van der Waals surface area contributed by atoms with Gasteiger partial charge in [0.05, 0.1) is 12.5 Å². The van der Waals surface area contributed by atoms with E-state index in [1.807, 2.05) is 19.0 Å². The van der Waals surface area contributed by atoms with Crippen molar-refractivity contribution in [3.8, 4) is 0 Å². The van der Waals surface area contributed by atoms with E-state index in [2.05, 4.69) is 45.1 Å². The van der Waals surface area contributed by atoms with E-state index < -0.39 is 12.1 Å². The summed E-state index contributed by atoms with van der Waals surface area (Å²) in [6, 6.07) is 0. The zero-order chi connectivity index (χ0) is 40.5. The van der Waals surface area contributed by atoms with Gasteiger partial charge >= 0.3 is 18.1 Å². The Bertz CT molecular complexity index is 918. The lowest BCUT2D eigenvalue weighted by atomic mass is 9.91. The highest BCUT2D eigenvalue weighted by Gasteiger charge is 2.20. The van der Waals surface area contributed by atoms with Gasteiger partial charge in [-0.2, -0.15) is 0 Å². The molecule has 0 aromatic carbocycles. The van der Waals surface area contributed by atoms with Gasteiger partial charge in [0.25, 0.3) is 0 Å². The third-order valence-corrected chi connectivity index (χ3v) is 10.1. The molecule has 55 heavy (non-hydrogen) atoms. The Balaban J connectivity index is 4.76. The van der Waals surface area contributed by atoms with Crippen LogP contribution in [0.4, 0.5) is 4.79 Å². The first-order chi connectivity index (χ1) is 26.8. The van der Waals surface area contributed by atoms with Crippen molar-refractivity contribution in [3.63, 3.8) is 0 Å². The third-order valence-electron chi connectivity index (χ3n) is 10.1. The van der Waals surface area contributed by atoms with Gasteiger partial charge in [0, 0.05) is 19.4 Å². The predicted octanol–water partition coefficient (Wildman–Crippen LogP) is 13.1. The Labute approximate surface area is 339 Å². The molecule has 0 radical (unpaired) electrons. The zero-order valence-electron chi connectivity index (χ0n) is 36.6. The average Bonchev–Trinajstić information content (AvgIpc) is 3.17. The molecule has 322 valence electrons. The summed E-state index contributed by atoms with van der Waals surface area (Å²) < 4.78 is 21.9. The van der Waals surface area contributed by atoms with E-state index in [0.29, 0.717) is 25.2 Å². The van der Waals surface area contributed by atoms with Crippen LogP contribution in [0.2, 0.25) is 0 Å². The summed E-state index contributed by atoms with van der Waals surface area (Å²) >= 11 is 0. The van der Waals surface area contributed by atoms with Crippen LogP contribution in [0.15, 0.2) is 24.3 Å². The molecule has 1 atom stereocenters. The summed E-state index contributed by atoms with van der Waals surface area (Å²) in [4.78, 5) is 40.0. The highest BCUT2D eigenvalue weighted by Crippen LogP contribution is 2.23. The Morgan fingerprint density at radius 3 is 1.55 bits per heavy atom. The summed E-state index contributed by atoms with van der Waals surface area (Å²) in [5.74, 6) is -0.637. The predicted molar refractivity (Wildman–Crippen MR) is 229 cm³/mol. The second-order valence-corrected chi connectivity index (χ2v) is 16.0. The van der Waals surface area contributed by atoms with Gasteiger partial charge in [0.15, 0.2) is 0 Å². The van der Waals surface area contributed by atoms with Gasteiger partial charge in [-0.15, -0.1) is 0 Å². The van der Waals surface area contributed by atoms with Crippen molar-refractivity contribution >= 4 is 18.1 Å². The topological polar surface area (TPSA) is 91.4 Å². The fraction of sp³-hybridized carbons (Fsp3) is 0.851. The summed E-state index contributed by atoms with van der Waals surface area (Å²) in [7, 11) is 3.93. The third kappa shape index (κ3) is 39.7. The molecule has 0 amide bonds. The van der Waals surface area contributed by atoms with Gasteiger partial charge in [-0.1, -0.05) is 154 Å². The van der Waals surface area contributed by atoms with Crippen LogP contribution in [-0.2, 0) is 28.5 Å². The lowest BCUT2D eigenvalue weighted by Gasteiger charge is -2.19. The van der Waals surface area contributed by atoms with E-state index in [9.17, 15) is 14.4 Å². The first-order valence-corrected chi connectivity index (χ1v) is 22.9. The highest BCUT2D eigenvalue weighted by atomic mass is 16.7. The van der Waals surface area contributed by atoms with E-state index in [0.717, 1.165) is 70.8 Å². The Morgan fingerprint density at radius 2 is 0.964 bits per heavy atom. The molecule has 1 unspecified atom stereocenters. The van der Waals surface area contributed by atoms with Crippen molar-refractivity contribution in [2.45, 2.75) is 201 Å². The molecule has 0 aromatic heterocycles. The van der Waals surface area contributed by atoms with Gasteiger partial charge < -0.3 is 23.8 Å². The summed E-state index contributed by atoms with van der Waals surface area (Å²) in [5, 5.41) is 0. The quantitative estimate of drug-likeness (QED) is 0.0263. The second-order valence-electron chi connectivity index (χ2n) is 16.0. The maximum absolute atomic E-state index is 13.1. The number of ether oxygens (including phenoxy) is 4. The minimum atomic E-state index is -0.760. The Hall–Kier alpha value is -2.35. The molecule has 8 heteroatoms. The van der Waals surface area contributed by atoms with E-state index >= 15 is 0 Å². The van der Waals surface area contributed by atoms with E-state index in [-0.39, 0.29) is 38.4 Å². The summed E-state index contributed by atoms with van der Waals surface area (Å²) in [5.41, 5.74) is 0. The molecule has 0 heterocycles. The number of allylic oxidation sites excluding steroid dienone is 4. The van der Waals surface area contributed by atoms with Crippen molar-refractivity contribution < 1.29 is 33.3 Å². The number of unbranched alkanes of at least 4 members (excludes halogenated alkanes) is 18. The molecule has 0 aliphatic heterocycles. The van der Waals surface area contributed by atoms with Crippen molar-refractivity contribution in [2.75, 3.05) is 47.1 Å². The second kappa shape index (κ2) is 41.3. The number of rotatable bonds is 40. The minimum absolute atomic E-state index is 0.0270. The normalized spacial score (nSPS) is 12.3. The Morgan fingerprint density at radius 1 is 0.491 bits per heavy atom.